The van der Waals surface area contributed by atoms with E-state index in [2.05, 4.69) is 81.1 Å². The monoisotopic (exact) mass is 366 g/mol. The van der Waals surface area contributed by atoms with Crippen molar-refractivity contribution >= 4 is 11.9 Å². The van der Waals surface area contributed by atoms with Crippen molar-refractivity contribution in [1.82, 2.24) is 15.6 Å². The van der Waals surface area contributed by atoms with Gasteiger partial charge in [-0.05, 0) is 48.8 Å². The SMILES string of the molecule is C=C1N/C(C=N)=C(/NCC)c2cc(ccn2)C(CC(C)(C)C)C/C=C/C1C. The van der Waals surface area contributed by atoms with Gasteiger partial charge in [0.25, 0.3) is 0 Å². The molecule has 4 nitrogen and oxygen atoms in total. The zero-order valence-corrected chi connectivity index (χ0v) is 17.4. The fourth-order valence-corrected chi connectivity index (χ4v) is 3.44. The molecule has 0 amide bonds. The summed E-state index contributed by atoms with van der Waals surface area (Å²) >= 11 is 0. The third-order valence-electron chi connectivity index (χ3n) is 4.83. The molecule has 0 aromatic carbocycles. The molecule has 4 heteroatoms. The molecule has 0 saturated carbocycles. The molecule has 2 rings (SSSR count). The van der Waals surface area contributed by atoms with Crippen molar-refractivity contribution in [3.63, 3.8) is 0 Å². The van der Waals surface area contributed by atoms with Gasteiger partial charge in [0.05, 0.1) is 17.1 Å². The van der Waals surface area contributed by atoms with E-state index in [0.29, 0.717) is 11.6 Å². The van der Waals surface area contributed by atoms with Gasteiger partial charge in [0.1, 0.15) is 0 Å². The molecule has 3 N–H and O–H groups in total. The van der Waals surface area contributed by atoms with Gasteiger partial charge in [-0.25, -0.2) is 0 Å². The Morgan fingerprint density at radius 2 is 2.15 bits per heavy atom. The number of pyridine rings is 1. The first-order valence-corrected chi connectivity index (χ1v) is 9.82. The third kappa shape index (κ3) is 5.81. The summed E-state index contributed by atoms with van der Waals surface area (Å²) in [5.74, 6) is 0.617. The number of hydrogen-bond donors (Lipinski definition) is 3. The zero-order chi connectivity index (χ0) is 20.0. The highest BCUT2D eigenvalue weighted by atomic mass is 15.0. The highest BCUT2D eigenvalue weighted by Gasteiger charge is 2.21. The molecule has 2 heterocycles. The third-order valence-corrected chi connectivity index (χ3v) is 4.83. The van der Waals surface area contributed by atoms with Gasteiger partial charge in [-0.15, -0.1) is 0 Å². The zero-order valence-electron chi connectivity index (χ0n) is 17.4. The van der Waals surface area contributed by atoms with Crippen LogP contribution in [0.4, 0.5) is 0 Å². The normalized spacial score (nSPS) is 25.0. The molecule has 0 radical (unpaired) electrons. The van der Waals surface area contributed by atoms with Crippen molar-refractivity contribution in [2.75, 3.05) is 6.54 Å². The molecule has 2 atom stereocenters. The van der Waals surface area contributed by atoms with Gasteiger partial charge in [0.15, 0.2) is 0 Å². The summed E-state index contributed by atoms with van der Waals surface area (Å²) in [6.45, 7) is 16.0. The van der Waals surface area contributed by atoms with Crippen LogP contribution >= 0.6 is 0 Å². The van der Waals surface area contributed by atoms with E-state index in [1.165, 1.54) is 11.8 Å². The van der Waals surface area contributed by atoms with Crippen LogP contribution in [0.2, 0.25) is 0 Å². The van der Waals surface area contributed by atoms with E-state index in [-0.39, 0.29) is 11.3 Å². The van der Waals surface area contributed by atoms with E-state index < -0.39 is 0 Å². The number of aromatic nitrogens is 1. The minimum atomic E-state index is 0.184. The van der Waals surface area contributed by atoms with Crippen LogP contribution in [0.5, 0.6) is 0 Å². The number of allylic oxidation sites excluding steroid dienone is 3. The largest absolute Gasteiger partial charge is 0.382 e. The first kappa shape index (κ1) is 20.9. The Kier molecular flexibility index (Phi) is 7.00. The van der Waals surface area contributed by atoms with Gasteiger partial charge in [-0.2, -0.15) is 0 Å². The molecule has 1 aromatic rings. The molecule has 1 aliphatic rings. The maximum absolute atomic E-state index is 7.91. The lowest BCUT2D eigenvalue weighted by Crippen LogP contribution is -2.24. The molecule has 0 fully saturated rings. The second kappa shape index (κ2) is 9.03. The van der Waals surface area contributed by atoms with Crippen molar-refractivity contribution in [1.29, 1.82) is 5.41 Å². The Bertz CT molecular complexity index is 737. The minimum Gasteiger partial charge on any atom is -0.382 e. The first-order chi connectivity index (χ1) is 12.7. The van der Waals surface area contributed by atoms with E-state index in [0.717, 1.165) is 36.5 Å². The smallest absolute Gasteiger partial charge is 0.0885 e. The van der Waals surface area contributed by atoms with Gasteiger partial charge in [0.2, 0.25) is 0 Å². The molecular formula is C23H34N4. The molecular weight excluding hydrogens is 332 g/mol. The summed E-state index contributed by atoms with van der Waals surface area (Å²) in [4.78, 5) is 4.60. The molecule has 2 bridgehead atoms. The fourth-order valence-electron chi connectivity index (χ4n) is 3.44. The van der Waals surface area contributed by atoms with E-state index in [1.807, 2.05) is 6.20 Å². The highest BCUT2D eigenvalue weighted by Crippen LogP contribution is 2.35. The predicted octanol–water partition coefficient (Wildman–Crippen LogP) is 5.23. The summed E-state index contributed by atoms with van der Waals surface area (Å²) in [5.41, 5.74) is 4.83. The summed E-state index contributed by atoms with van der Waals surface area (Å²) in [5, 5.41) is 14.6. The van der Waals surface area contributed by atoms with Gasteiger partial charge in [-0.3, -0.25) is 4.98 Å². The fraction of sp³-hybridized carbons (Fsp3) is 0.478. The van der Waals surface area contributed by atoms with E-state index >= 15 is 0 Å². The van der Waals surface area contributed by atoms with Crippen molar-refractivity contribution in [3.8, 4) is 0 Å². The van der Waals surface area contributed by atoms with Crippen LogP contribution in [0.3, 0.4) is 0 Å². The van der Waals surface area contributed by atoms with Crippen molar-refractivity contribution in [3.05, 3.63) is 59.7 Å². The van der Waals surface area contributed by atoms with Crippen LogP contribution < -0.4 is 10.6 Å². The second-order valence-electron chi connectivity index (χ2n) is 8.50. The van der Waals surface area contributed by atoms with E-state index in [1.54, 1.807) is 0 Å². The Morgan fingerprint density at radius 1 is 1.41 bits per heavy atom. The molecule has 0 saturated heterocycles. The lowest BCUT2D eigenvalue weighted by atomic mass is 9.79. The predicted molar refractivity (Wildman–Crippen MR) is 116 cm³/mol. The lowest BCUT2D eigenvalue weighted by molar-refractivity contribution is 0.339. The summed E-state index contributed by atoms with van der Waals surface area (Å²) in [6, 6.07) is 4.30. The Morgan fingerprint density at radius 3 is 2.78 bits per heavy atom. The molecule has 146 valence electrons. The van der Waals surface area contributed by atoms with E-state index in [4.69, 9.17) is 5.41 Å². The summed E-state index contributed by atoms with van der Waals surface area (Å²) < 4.78 is 0. The number of nitrogens with one attached hydrogen (secondary N) is 3. The van der Waals surface area contributed by atoms with Gasteiger partial charge in [-0.1, -0.05) is 46.4 Å². The molecule has 2 unspecified atom stereocenters. The quantitative estimate of drug-likeness (QED) is 0.505. The van der Waals surface area contributed by atoms with Crippen LogP contribution in [-0.2, 0) is 0 Å². The van der Waals surface area contributed by atoms with Crippen LogP contribution in [0.15, 0.2) is 48.5 Å². The standard InChI is InChI=1S/C23H34N4/c1-7-25-22-20-13-18(11-12-26-20)19(14-23(4,5)6)10-8-9-16(2)17(3)27-21(22)15-24/h8-9,11-13,15-16,19,24-25,27H,3,7,10,14H2,1-2,4-6H3/b9-8+,22-21+,24-15?. The van der Waals surface area contributed by atoms with Gasteiger partial charge < -0.3 is 16.0 Å². The Labute approximate surface area is 164 Å². The van der Waals surface area contributed by atoms with E-state index in [9.17, 15) is 0 Å². The van der Waals surface area contributed by atoms with Gasteiger partial charge >= 0.3 is 0 Å². The van der Waals surface area contributed by atoms with Gasteiger partial charge in [0, 0.05) is 30.6 Å². The van der Waals surface area contributed by atoms with Crippen LogP contribution in [0.25, 0.3) is 5.70 Å². The molecule has 1 aliphatic heterocycles. The van der Waals surface area contributed by atoms with Crippen molar-refractivity contribution in [2.24, 2.45) is 11.3 Å². The maximum atomic E-state index is 7.91. The Balaban J connectivity index is 2.61. The highest BCUT2D eigenvalue weighted by molar-refractivity contribution is 5.88. The molecule has 0 aliphatic carbocycles. The molecule has 1 aromatic heterocycles. The van der Waals surface area contributed by atoms with Crippen LogP contribution in [-0.4, -0.2) is 17.7 Å². The molecule has 0 spiro atoms. The Hall–Kier alpha value is -2.36. The average Bonchev–Trinajstić information content (AvgIpc) is 2.61. The second-order valence-corrected chi connectivity index (χ2v) is 8.50. The summed E-state index contributed by atoms with van der Waals surface area (Å²) in [6.07, 6.45) is 9.80. The topological polar surface area (TPSA) is 60.8 Å². The first-order valence-electron chi connectivity index (χ1n) is 9.82. The van der Waals surface area contributed by atoms with Crippen LogP contribution in [0, 0.1) is 16.7 Å². The summed E-state index contributed by atoms with van der Waals surface area (Å²) in [7, 11) is 0. The number of hydrogen-bond acceptors (Lipinski definition) is 4. The van der Waals surface area contributed by atoms with Crippen molar-refractivity contribution in [2.45, 2.75) is 53.4 Å². The maximum Gasteiger partial charge on any atom is 0.0885 e. The molecule has 27 heavy (non-hydrogen) atoms. The number of nitrogens with zero attached hydrogens (tertiary/aromatic N) is 1. The lowest BCUT2D eigenvalue weighted by Gasteiger charge is -2.27. The van der Waals surface area contributed by atoms with Crippen LogP contribution in [0.1, 0.15) is 64.6 Å². The number of rotatable bonds is 4. The van der Waals surface area contributed by atoms with Crippen molar-refractivity contribution < 1.29 is 0 Å². The number of fused-ring (bicyclic) bond motifs is 2. The minimum absolute atomic E-state index is 0.184. The average molecular weight is 367 g/mol.